The topological polar surface area (TPSA) is 33.6 Å². The largest absolute Gasteiger partial charge is 0.381 e. The summed E-state index contributed by atoms with van der Waals surface area (Å²) in [6.07, 6.45) is 3.78. The van der Waals surface area contributed by atoms with Crippen molar-refractivity contribution < 1.29 is 4.74 Å². The molecule has 1 aliphatic heterocycles. The van der Waals surface area contributed by atoms with E-state index in [2.05, 4.69) is 19.2 Å². The number of amidine groups is 1. The lowest BCUT2D eigenvalue weighted by Crippen LogP contribution is -2.41. The van der Waals surface area contributed by atoms with Gasteiger partial charge in [0.2, 0.25) is 0 Å². The molecule has 0 aromatic rings. The number of rotatable bonds is 3. The zero-order chi connectivity index (χ0) is 10.9. The third-order valence-corrected chi connectivity index (χ3v) is 4.68. The highest BCUT2D eigenvalue weighted by molar-refractivity contribution is 8.14. The molecular formula is C11H20N2OS. The maximum Gasteiger partial charge on any atom is 0.157 e. The van der Waals surface area contributed by atoms with Crippen LogP contribution in [0.4, 0.5) is 0 Å². The van der Waals surface area contributed by atoms with Gasteiger partial charge in [0.25, 0.3) is 0 Å². The summed E-state index contributed by atoms with van der Waals surface area (Å²) in [5, 5.41) is 4.66. The maximum atomic E-state index is 5.25. The van der Waals surface area contributed by atoms with Crippen LogP contribution < -0.4 is 5.32 Å². The van der Waals surface area contributed by atoms with Gasteiger partial charge < -0.3 is 10.1 Å². The van der Waals surface area contributed by atoms with Crippen LogP contribution in [0.15, 0.2) is 4.99 Å². The Kier molecular flexibility index (Phi) is 3.26. The highest BCUT2D eigenvalue weighted by Crippen LogP contribution is 2.30. The summed E-state index contributed by atoms with van der Waals surface area (Å²) in [4.78, 5) is 4.71. The Balaban J connectivity index is 1.84. The highest BCUT2D eigenvalue weighted by Gasteiger charge is 2.33. The number of hydrogen-bond donors (Lipinski definition) is 1. The molecule has 0 bridgehead atoms. The molecule has 2 fully saturated rings. The van der Waals surface area contributed by atoms with Crippen molar-refractivity contribution in [2.45, 2.75) is 50.8 Å². The van der Waals surface area contributed by atoms with Gasteiger partial charge in [-0.2, -0.15) is 0 Å². The molecule has 1 unspecified atom stereocenters. The van der Waals surface area contributed by atoms with Gasteiger partial charge in [0.1, 0.15) is 0 Å². The highest BCUT2D eigenvalue weighted by atomic mass is 32.2. The summed E-state index contributed by atoms with van der Waals surface area (Å²) in [5.74, 6) is 1.14. The third kappa shape index (κ3) is 2.48. The lowest BCUT2D eigenvalue weighted by molar-refractivity contribution is 0.0285. The Morgan fingerprint density at radius 3 is 2.87 bits per heavy atom. The van der Waals surface area contributed by atoms with E-state index in [1.54, 1.807) is 7.11 Å². The van der Waals surface area contributed by atoms with E-state index in [1.807, 2.05) is 11.8 Å². The molecule has 4 heteroatoms. The van der Waals surface area contributed by atoms with Gasteiger partial charge in [0.15, 0.2) is 5.17 Å². The number of ether oxygens (including phenoxy) is 1. The van der Waals surface area contributed by atoms with Crippen LogP contribution in [0, 0.1) is 0 Å². The number of thioether (sulfide) groups is 1. The van der Waals surface area contributed by atoms with E-state index in [0.29, 0.717) is 12.1 Å². The predicted octanol–water partition coefficient (Wildman–Crippen LogP) is 2.02. The van der Waals surface area contributed by atoms with Crippen molar-refractivity contribution in [1.82, 2.24) is 5.32 Å². The number of methoxy groups -OCH3 is 1. The number of aliphatic imine (C=N–C) groups is 1. The minimum absolute atomic E-state index is 0.258. The summed E-state index contributed by atoms with van der Waals surface area (Å²) in [5.41, 5.74) is 0.258. The molecule has 1 saturated carbocycles. The molecule has 0 spiro atoms. The zero-order valence-electron chi connectivity index (χ0n) is 9.75. The van der Waals surface area contributed by atoms with Gasteiger partial charge in [0, 0.05) is 18.4 Å². The molecular weight excluding hydrogens is 208 g/mol. The smallest absolute Gasteiger partial charge is 0.157 e. The van der Waals surface area contributed by atoms with E-state index < -0.39 is 0 Å². The van der Waals surface area contributed by atoms with Crippen molar-refractivity contribution >= 4 is 16.9 Å². The third-order valence-electron chi connectivity index (χ3n) is 3.42. The van der Waals surface area contributed by atoms with Crippen LogP contribution in [-0.4, -0.2) is 35.7 Å². The van der Waals surface area contributed by atoms with Gasteiger partial charge >= 0.3 is 0 Å². The molecule has 1 atom stereocenters. The Labute approximate surface area is 96.1 Å². The number of hydrogen-bond acceptors (Lipinski definition) is 3. The summed E-state index contributed by atoms with van der Waals surface area (Å²) < 4.78 is 5.25. The molecule has 1 aliphatic carbocycles. The van der Waals surface area contributed by atoms with Gasteiger partial charge in [-0.3, -0.25) is 4.99 Å². The lowest BCUT2D eigenvalue weighted by atomic mass is 9.90. The first kappa shape index (κ1) is 11.3. The van der Waals surface area contributed by atoms with Crippen molar-refractivity contribution in [2.24, 2.45) is 4.99 Å². The van der Waals surface area contributed by atoms with Crippen molar-refractivity contribution in [1.29, 1.82) is 0 Å². The molecule has 2 rings (SSSR count). The van der Waals surface area contributed by atoms with Crippen LogP contribution in [0.3, 0.4) is 0 Å². The number of nitrogens with zero attached hydrogens (tertiary/aromatic N) is 1. The summed E-state index contributed by atoms with van der Waals surface area (Å²) in [6.45, 7) is 4.49. The van der Waals surface area contributed by atoms with Crippen LogP contribution in [0.25, 0.3) is 0 Å². The normalized spacial score (nSPS) is 42.7. The van der Waals surface area contributed by atoms with Crippen LogP contribution in [0.5, 0.6) is 0 Å². The molecule has 3 nitrogen and oxygen atoms in total. The van der Waals surface area contributed by atoms with Gasteiger partial charge in [-0.05, 0) is 26.2 Å². The molecule has 1 heterocycles. The van der Waals surface area contributed by atoms with Gasteiger partial charge in [-0.1, -0.05) is 18.7 Å². The zero-order valence-corrected chi connectivity index (χ0v) is 10.6. The fourth-order valence-corrected chi connectivity index (χ4v) is 3.09. The minimum Gasteiger partial charge on any atom is -0.381 e. The average molecular weight is 228 g/mol. The molecule has 0 amide bonds. The Morgan fingerprint density at radius 2 is 2.33 bits per heavy atom. The van der Waals surface area contributed by atoms with Gasteiger partial charge in [-0.25, -0.2) is 0 Å². The standard InChI is InChI=1S/C11H20N2OS/c1-4-11(2)7-15-10(13-11)12-8-5-9(6-8)14-3/h8-9H,4-7H2,1-3H3,(H,12,13). The second-order valence-corrected chi connectivity index (χ2v) is 5.71. The SMILES string of the molecule is CCC1(C)CSC(=NC2CC(OC)C2)N1. The van der Waals surface area contributed by atoms with Gasteiger partial charge in [-0.15, -0.1) is 0 Å². The second-order valence-electron chi connectivity index (χ2n) is 4.75. The first-order chi connectivity index (χ1) is 7.15. The quantitative estimate of drug-likeness (QED) is 0.802. The van der Waals surface area contributed by atoms with Crippen LogP contribution in [-0.2, 0) is 4.74 Å². The molecule has 0 aromatic carbocycles. The number of nitrogens with one attached hydrogen (secondary N) is 1. The summed E-state index contributed by atoms with van der Waals surface area (Å²) >= 11 is 1.86. The van der Waals surface area contributed by atoms with E-state index in [9.17, 15) is 0 Å². The van der Waals surface area contributed by atoms with E-state index in [-0.39, 0.29) is 5.54 Å². The lowest BCUT2D eigenvalue weighted by Gasteiger charge is -2.31. The monoisotopic (exact) mass is 228 g/mol. The first-order valence-electron chi connectivity index (χ1n) is 5.67. The summed E-state index contributed by atoms with van der Waals surface area (Å²) in [7, 11) is 1.78. The molecule has 1 saturated heterocycles. The maximum absolute atomic E-state index is 5.25. The Morgan fingerprint density at radius 1 is 1.60 bits per heavy atom. The fraction of sp³-hybridized carbons (Fsp3) is 0.909. The molecule has 1 N–H and O–H groups in total. The van der Waals surface area contributed by atoms with E-state index in [0.717, 1.165) is 30.2 Å². The first-order valence-corrected chi connectivity index (χ1v) is 6.65. The van der Waals surface area contributed by atoms with Crippen LogP contribution in [0.1, 0.15) is 33.1 Å². The van der Waals surface area contributed by atoms with E-state index in [4.69, 9.17) is 9.73 Å². The Bertz CT molecular complexity index is 263. The van der Waals surface area contributed by atoms with Crippen LogP contribution >= 0.6 is 11.8 Å². The van der Waals surface area contributed by atoms with Crippen molar-refractivity contribution in [2.75, 3.05) is 12.9 Å². The molecule has 2 aliphatic rings. The molecule has 0 radical (unpaired) electrons. The van der Waals surface area contributed by atoms with Crippen molar-refractivity contribution in [3.8, 4) is 0 Å². The fourth-order valence-electron chi connectivity index (χ4n) is 1.82. The summed E-state index contributed by atoms with van der Waals surface area (Å²) in [6, 6.07) is 0.490. The molecule has 0 aromatic heterocycles. The second kappa shape index (κ2) is 4.34. The van der Waals surface area contributed by atoms with Gasteiger partial charge in [0.05, 0.1) is 12.1 Å². The van der Waals surface area contributed by atoms with E-state index in [1.165, 1.54) is 0 Å². The Hall–Kier alpha value is -0.220. The van der Waals surface area contributed by atoms with Crippen molar-refractivity contribution in [3.63, 3.8) is 0 Å². The van der Waals surface area contributed by atoms with Crippen molar-refractivity contribution in [3.05, 3.63) is 0 Å². The molecule has 86 valence electrons. The minimum atomic E-state index is 0.258. The van der Waals surface area contributed by atoms with E-state index >= 15 is 0 Å². The average Bonchev–Trinajstić information content (AvgIpc) is 2.54. The predicted molar refractivity (Wildman–Crippen MR) is 65.5 cm³/mol. The molecule has 15 heavy (non-hydrogen) atoms. The van der Waals surface area contributed by atoms with Crippen LogP contribution in [0.2, 0.25) is 0 Å².